The van der Waals surface area contributed by atoms with Crippen molar-refractivity contribution in [3.63, 3.8) is 0 Å². The minimum atomic E-state index is -1.27. The summed E-state index contributed by atoms with van der Waals surface area (Å²) in [7, 11) is 0. The highest BCUT2D eigenvalue weighted by Crippen LogP contribution is 2.11. The highest BCUT2D eigenvalue weighted by Gasteiger charge is 2.29. The van der Waals surface area contributed by atoms with E-state index in [9.17, 15) is 29.3 Å². The van der Waals surface area contributed by atoms with Gasteiger partial charge in [0, 0.05) is 13.0 Å². The van der Waals surface area contributed by atoms with Crippen LogP contribution in [0.2, 0.25) is 0 Å². The largest absolute Gasteiger partial charge is 0.461 e. The van der Waals surface area contributed by atoms with Crippen molar-refractivity contribution in [1.82, 2.24) is 16.1 Å². The first-order chi connectivity index (χ1) is 21.3. The third-order valence-corrected chi connectivity index (χ3v) is 5.85. The smallest absolute Gasteiger partial charge is 0.408 e. The minimum absolute atomic E-state index is 0.00213. The SMILES string of the molecule is CC(C)(C)OC(=O)N[C@@H](CCC(=O)OCc1ccccc1)C(=O)N[C@@H](CCCN=C(N)N[N+](=O)[O-])C(=O)OCc1ccccc1. The third-order valence-electron chi connectivity index (χ3n) is 5.85. The summed E-state index contributed by atoms with van der Waals surface area (Å²) in [5, 5.41) is 14.7. The number of nitrogens with zero attached hydrogens (tertiary/aromatic N) is 2. The number of hydrogen-bond acceptors (Lipinski definition) is 10. The average molecular weight is 629 g/mol. The van der Waals surface area contributed by atoms with Crippen LogP contribution in [-0.2, 0) is 41.8 Å². The number of esters is 2. The molecule has 0 spiro atoms. The number of benzene rings is 2. The maximum absolute atomic E-state index is 13.4. The van der Waals surface area contributed by atoms with Gasteiger partial charge in [-0.25, -0.2) is 24.7 Å². The Kier molecular flexibility index (Phi) is 14.8. The molecule has 0 aromatic heterocycles. The Morgan fingerprint density at radius 1 is 0.889 bits per heavy atom. The molecule has 0 unspecified atom stereocenters. The van der Waals surface area contributed by atoms with Gasteiger partial charge in [0.2, 0.25) is 5.91 Å². The van der Waals surface area contributed by atoms with Crippen molar-refractivity contribution in [2.24, 2.45) is 10.7 Å². The maximum Gasteiger partial charge on any atom is 0.408 e. The lowest BCUT2D eigenvalue weighted by atomic mass is 10.1. The van der Waals surface area contributed by atoms with Crippen LogP contribution < -0.4 is 21.8 Å². The molecule has 0 saturated heterocycles. The number of hydrazine groups is 1. The molecular formula is C30H40N6O9. The molecule has 2 atom stereocenters. The fraction of sp³-hybridized carbons (Fsp3) is 0.433. The molecule has 0 heterocycles. The number of rotatable bonds is 16. The first-order valence-corrected chi connectivity index (χ1v) is 14.2. The van der Waals surface area contributed by atoms with E-state index in [4.69, 9.17) is 19.9 Å². The van der Waals surface area contributed by atoms with E-state index >= 15 is 0 Å². The molecule has 45 heavy (non-hydrogen) atoms. The van der Waals surface area contributed by atoms with E-state index in [2.05, 4.69) is 15.6 Å². The summed E-state index contributed by atoms with van der Waals surface area (Å²) in [5.74, 6) is -2.55. The van der Waals surface area contributed by atoms with Crippen molar-refractivity contribution in [3.05, 3.63) is 81.9 Å². The van der Waals surface area contributed by atoms with Gasteiger partial charge < -0.3 is 30.6 Å². The maximum atomic E-state index is 13.4. The van der Waals surface area contributed by atoms with Crippen molar-refractivity contribution in [2.75, 3.05) is 6.54 Å². The third kappa shape index (κ3) is 15.7. The number of aliphatic imine (C=N–C) groups is 1. The highest BCUT2D eigenvalue weighted by molar-refractivity contribution is 5.90. The van der Waals surface area contributed by atoms with Crippen molar-refractivity contribution < 1.29 is 38.4 Å². The van der Waals surface area contributed by atoms with Crippen molar-refractivity contribution >= 4 is 29.9 Å². The van der Waals surface area contributed by atoms with Gasteiger partial charge in [0.15, 0.2) is 5.03 Å². The summed E-state index contributed by atoms with van der Waals surface area (Å²) in [6.45, 7) is 4.93. The molecule has 0 aliphatic rings. The van der Waals surface area contributed by atoms with Crippen LogP contribution in [0.15, 0.2) is 65.7 Å². The van der Waals surface area contributed by atoms with Crippen LogP contribution in [0.3, 0.4) is 0 Å². The number of ether oxygens (including phenoxy) is 3. The fourth-order valence-electron chi connectivity index (χ4n) is 3.77. The summed E-state index contributed by atoms with van der Waals surface area (Å²) in [5.41, 5.74) is 7.78. The lowest BCUT2D eigenvalue weighted by Gasteiger charge is -2.25. The lowest BCUT2D eigenvalue weighted by Crippen LogP contribution is -2.52. The number of carbonyl (C=O) groups excluding carboxylic acids is 4. The summed E-state index contributed by atoms with van der Waals surface area (Å²) in [4.78, 5) is 65.8. The topological polar surface area (TPSA) is 214 Å². The number of hydrogen-bond donors (Lipinski definition) is 4. The number of amides is 2. The van der Waals surface area contributed by atoms with Crippen LogP contribution in [0.5, 0.6) is 0 Å². The van der Waals surface area contributed by atoms with E-state index in [0.717, 1.165) is 11.1 Å². The van der Waals surface area contributed by atoms with Gasteiger partial charge in [-0.3, -0.25) is 9.59 Å². The Balaban J connectivity index is 2.12. The Hall–Kier alpha value is -5.21. The molecule has 5 N–H and O–H groups in total. The second-order valence-corrected chi connectivity index (χ2v) is 10.8. The van der Waals surface area contributed by atoms with Gasteiger partial charge in [-0.05, 0) is 51.2 Å². The summed E-state index contributed by atoms with van der Waals surface area (Å²) in [6.07, 6.45) is -1.07. The molecule has 2 aromatic rings. The van der Waals surface area contributed by atoms with E-state index in [1.165, 1.54) is 0 Å². The second-order valence-electron chi connectivity index (χ2n) is 10.8. The first-order valence-electron chi connectivity index (χ1n) is 14.2. The monoisotopic (exact) mass is 628 g/mol. The van der Waals surface area contributed by atoms with Crippen LogP contribution >= 0.6 is 0 Å². The van der Waals surface area contributed by atoms with E-state index in [-0.39, 0.29) is 45.4 Å². The van der Waals surface area contributed by atoms with Gasteiger partial charge in [-0.1, -0.05) is 66.1 Å². The molecule has 15 heteroatoms. The molecule has 2 amide bonds. The number of alkyl carbamates (subject to hydrolysis) is 1. The standard InChI is InChI=1S/C30H40N6O9/c1-30(2,3)45-29(40)34-23(16-17-25(37)43-19-21-11-6-4-7-12-21)26(38)33-24(15-10-18-32-28(31)35-36(41)42)27(39)44-20-22-13-8-5-9-14-22/h4-9,11-14,23-24H,10,15-20H2,1-3H3,(H,33,38)(H,34,40)(H3,31,32,35)/t23-,24-/m0/s1. The van der Waals surface area contributed by atoms with Crippen molar-refractivity contribution in [3.8, 4) is 0 Å². The van der Waals surface area contributed by atoms with Gasteiger partial charge in [0.05, 0.1) is 0 Å². The molecular weight excluding hydrogens is 588 g/mol. The van der Waals surface area contributed by atoms with Crippen molar-refractivity contribution in [2.45, 2.75) is 77.4 Å². The van der Waals surface area contributed by atoms with Crippen molar-refractivity contribution in [1.29, 1.82) is 0 Å². The average Bonchev–Trinajstić information content (AvgIpc) is 2.98. The Labute approximate surface area is 261 Å². The second kappa shape index (κ2) is 18.5. The first kappa shape index (κ1) is 36.0. The molecule has 0 radical (unpaired) electrons. The molecule has 2 aromatic carbocycles. The number of nitrogens with one attached hydrogen (secondary N) is 3. The summed E-state index contributed by atoms with van der Waals surface area (Å²) >= 11 is 0. The van der Waals surface area contributed by atoms with Crippen LogP contribution in [0.25, 0.3) is 0 Å². The molecule has 0 fully saturated rings. The zero-order valence-electron chi connectivity index (χ0n) is 25.5. The van der Waals surface area contributed by atoms with Crippen LogP contribution in [0.4, 0.5) is 4.79 Å². The fourth-order valence-corrected chi connectivity index (χ4v) is 3.77. The lowest BCUT2D eigenvalue weighted by molar-refractivity contribution is -0.525. The van der Waals surface area contributed by atoms with E-state index in [0.29, 0.717) is 0 Å². The van der Waals surface area contributed by atoms with Gasteiger partial charge in [-0.2, -0.15) is 0 Å². The Bertz CT molecular complexity index is 1300. The Morgan fingerprint density at radius 3 is 2.02 bits per heavy atom. The number of carbonyl (C=O) groups is 4. The molecule has 0 aliphatic carbocycles. The van der Waals surface area contributed by atoms with E-state index in [1.807, 2.05) is 12.1 Å². The molecule has 2 rings (SSSR count). The van der Waals surface area contributed by atoms with Gasteiger partial charge in [-0.15, -0.1) is 0 Å². The van der Waals surface area contributed by atoms with Crippen LogP contribution in [0, 0.1) is 10.1 Å². The highest BCUT2D eigenvalue weighted by atomic mass is 16.7. The van der Waals surface area contributed by atoms with Crippen LogP contribution in [-0.4, -0.2) is 59.2 Å². The number of nitro groups is 1. The van der Waals surface area contributed by atoms with E-state index < -0.39 is 52.6 Å². The predicted molar refractivity (Wildman–Crippen MR) is 163 cm³/mol. The van der Waals surface area contributed by atoms with Gasteiger partial charge in [0.1, 0.15) is 30.9 Å². The van der Waals surface area contributed by atoms with Gasteiger partial charge >= 0.3 is 18.0 Å². The summed E-state index contributed by atoms with van der Waals surface area (Å²) < 4.78 is 16.0. The summed E-state index contributed by atoms with van der Waals surface area (Å²) in [6, 6.07) is 15.5. The Morgan fingerprint density at radius 2 is 1.47 bits per heavy atom. The van der Waals surface area contributed by atoms with Gasteiger partial charge in [0.25, 0.3) is 5.96 Å². The number of guanidine groups is 1. The molecule has 0 saturated carbocycles. The normalized spacial score (nSPS) is 12.6. The molecule has 0 aliphatic heterocycles. The molecule has 0 bridgehead atoms. The van der Waals surface area contributed by atoms with E-state index in [1.54, 1.807) is 74.7 Å². The molecule has 15 nitrogen and oxygen atoms in total. The zero-order chi connectivity index (χ0) is 33.2. The van der Waals surface area contributed by atoms with Crippen LogP contribution in [0.1, 0.15) is 57.6 Å². The predicted octanol–water partition coefficient (Wildman–Crippen LogP) is 2.51. The zero-order valence-corrected chi connectivity index (χ0v) is 25.5. The quantitative estimate of drug-likeness (QED) is 0.0403. The number of nitrogens with two attached hydrogens (primary N) is 1. The minimum Gasteiger partial charge on any atom is -0.461 e. The molecule has 244 valence electrons.